The Balaban J connectivity index is 2.13. The molecule has 0 saturated heterocycles. The van der Waals surface area contributed by atoms with Crippen molar-refractivity contribution < 1.29 is 26.3 Å². The van der Waals surface area contributed by atoms with Crippen LogP contribution in [0.4, 0.5) is 32.0 Å². The number of benzene rings is 1. The average Bonchev–Trinajstić information content (AvgIpc) is 2.52. The first-order valence-corrected chi connectivity index (χ1v) is 7.66. The van der Waals surface area contributed by atoms with Crippen LogP contribution in [-0.4, -0.2) is 11.7 Å². The van der Waals surface area contributed by atoms with E-state index in [9.17, 15) is 26.3 Å². The Hall–Kier alpha value is -2.03. The highest BCUT2D eigenvalue weighted by molar-refractivity contribution is 7.80. The Morgan fingerprint density at radius 2 is 1.56 bits per heavy atom. The molecule has 0 amide bonds. The molecule has 0 heterocycles. The smallest absolute Gasteiger partial charge is 0.358 e. The topological polar surface area (TPSA) is 24.1 Å². The first kappa shape index (κ1) is 19.3. The molecule has 0 bridgehead atoms. The summed E-state index contributed by atoms with van der Waals surface area (Å²) in [5, 5.41) is 5.07. The minimum absolute atomic E-state index is 0.0627. The van der Waals surface area contributed by atoms with Gasteiger partial charge in [-0.1, -0.05) is 18.2 Å². The normalized spacial score (nSPS) is 14.9. The quantitative estimate of drug-likeness (QED) is 0.551. The monoisotopic (exact) mass is 380 g/mol. The molecule has 25 heavy (non-hydrogen) atoms. The number of alkyl halides is 6. The van der Waals surface area contributed by atoms with Crippen LogP contribution < -0.4 is 10.6 Å². The van der Waals surface area contributed by atoms with Gasteiger partial charge in [0.25, 0.3) is 0 Å². The SMILES string of the molecule is FC(F)(F)c1cc(NC(=S)NCC2=CCCC=C2)cc(C(F)(F)F)c1. The third-order valence-electron chi connectivity index (χ3n) is 3.37. The van der Waals surface area contributed by atoms with Gasteiger partial charge >= 0.3 is 12.4 Å². The highest BCUT2D eigenvalue weighted by Gasteiger charge is 2.37. The molecule has 0 atom stereocenters. The molecular weight excluding hydrogens is 366 g/mol. The molecule has 0 spiro atoms. The maximum atomic E-state index is 12.8. The number of hydrogen-bond donors (Lipinski definition) is 2. The van der Waals surface area contributed by atoms with Gasteiger partial charge in [-0.05, 0) is 48.8 Å². The van der Waals surface area contributed by atoms with Gasteiger partial charge in [0, 0.05) is 12.2 Å². The second kappa shape index (κ2) is 7.47. The number of thiocarbonyl (C=S) groups is 1. The first-order chi connectivity index (χ1) is 11.6. The molecule has 2 nitrogen and oxygen atoms in total. The minimum atomic E-state index is -4.90. The van der Waals surface area contributed by atoms with E-state index in [4.69, 9.17) is 12.2 Å². The lowest BCUT2D eigenvalue weighted by Crippen LogP contribution is -2.30. The molecule has 0 unspecified atom stereocenters. The Bertz CT molecular complexity index is 671. The third kappa shape index (κ3) is 5.77. The van der Waals surface area contributed by atoms with Crippen molar-refractivity contribution in [2.24, 2.45) is 0 Å². The molecule has 1 aromatic rings. The van der Waals surface area contributed by atoms with E-state index in [0.717, 1.165) is 18.4 Å². The number of rotatable bonds is 3. The van der Waals surface area contributed by atoms with Crippen molar-refractivity contribution in [1.82, 2.24) is 5.32 Å². The van der Waals surface area contributed by atoms with Crippen molar-refractivity contribution in [3.05, 3.63) is 53.1 Å². The fourth-order valence-corrected chi connectivity index (χ4v) is 2.37. The van der Waals surface area contributed by atoms with Gasteiger partial charge in [-0.25, -0.2) is 0 Å². The van der Waals surface area contributed by atoms with E-state index in [0.29, 0.717) is 18.7 Å². The molecule has 0 fully saturated rings. The van der Waals surface area contributed by atoms with Crippen molar-refractivity contribution in [2.45, 2.75) is 25.2 Å². The third-order valence-corrected chi connectivity index (χ3v) is 3.62. The van der Waals surface area contributed by atoms with E-state index < -0.39 is 23.5 Å². The fourth-order valence-electron chi connectivity index (χ4n) is 2.18. The molecule has 0 aromatic heterocycles. The van der Waals surface area contributed by atoms with Crippen LogP contribution in [0, 0.1) is 0 Å². The van der Waals surface area contributed by atoms with E-state index >= 15 is 0 Å². The summed E-state index contributed by atoms with van der Waals surface area (Å²) in [7, 11) is 0. The summed E-state index contributed by atoms with van der Waals surface area (Å²) in [5.74, 6) is 0. The van der Waals surface area contributed by atoms with Crippen LogP contribution >= 0.6 is 12.2 Å². The zero-order valence-corrected chi connectivity index (χ0v) is 13.6. The van der Waals surface area contributed by atoms with Crippen LogP contribution in [0.5, 0.6) is 0 Å². The molecule has 2 rings (SSSR count). The summed E-state index contributed by atoms with van der Waals surface area (Å²) in [4.78, 5) is 0. The molecule has 2 N–H and O–H groups in total. The second-order valence-corrected chi connectivity index (χ2v) is 5.77. The van der Waals surface area contributed by atoms with Crippen LogP contribution in [0.15, 0.2) is 42.0 Å². The molecule has 0 aliphatic heterocycles. The van der Waals surface area contributed by atoms with Crippen molar-refractivity contribution in [3.8, 4) is 0 Å². The zero-order chi connectivity index (χ0) is 18.7. The van der Waals surface area contributed by atoms with E-state index in [-0.39, 0.29) is 16.9 Å². The maximum Gasteiger partial charge on any atom is 0.416 e. The van der Waals surface area contributed by atoms with E-state index in [1.54, 1.807) is 0 Å². The van der Waals surface area contributed by atoms with E-state index in [1.165, 1.54) is 0 Å². The summed E-state index contributed by atoms with van der Waals surface area (Å²) in [5.41, 5.74) is -2.24. The van der Waals surface area contributed by atoms with Gasteiger partial charge in [-0.15, -0.1) is 0 Å². The molecule has 1 aromatic carbocycles. The Kier molecular flexibility index (Phi) is 5.76. The standard InChI is InChI=1S/C16H14F6N2S/c17-15(18,19)11-6-12(16(20,21)22)8-13(7-11)24-14(25)23-9-10-4-2-1-3-5-10/h2,4-8H,1,3,9H2,(H2,23,24,25). The van der Waals surface area contributed by atoms with Gasteiger partial charge in [0.05, 0.1) is 11.1 Å². The van der Waals surface area contributed by atoms with Crippen LogP contribution in [0.2, 0.25) is 0 Å². The predicted octanol–water partition coefficient (Wildman–Crippen LogP) is 5.29. The van der Waals surface area contributed by atoms with Crippen molar-refractivity contribution in [1.29, 1.82) is 0 Å². The molecule has 1 aliphatic rings. The van der Waals surface area contributed by atoms with Gasteiger partial charge in [-0.3, -0.25) is 0 Å². The van der Waals surface area contributed by atoms with E-state index in [1.807, 2.05) is 18.2 Å². The number of nitrogens with one attached hydrogen (secondary N) is 2. The van der Waals surface area contributed by atoms with Gasteiger partial charge in [-0.2, -0.15) is 26.3 Å². The molecule has 9 heteroatoms. The zero-order valence-electron chi connectivity index (χ0n) is 12.8. The van der Waals surface area contributed by atoms with E-state index in [2.05, 4.69) is 10.6 Å². The first-order valence-electron chi connectivity index (χ1n) is 7.25. The van der Waals surface area contributed by atoms with Gasteiger partial charge in [0.15, 0.2) is 5.11 Å². The molecular formula is C16H14F6N2S. The lowest BCUT2D eigenvalue weighted by Gasteiger charge is -2.16. The molecule has 0 saturated carbocycles. The van der Waals surface area contributed by atoms with Crippen molar-refractivity contribution >= 4 is 23.0 Å². The summed E-state index contributed by atoms with van der Waals surface area (Å²) < 4.78 is 76.8. The Labute approximate surface area is 145 Å². The Morgan fingerprint density at radius 3 is 2.04 bits per heavy atom. The predicted molar refractivity (Wildman–Crippen MR) is 87.1 cm³/mol. The average molecular weight is 380 g/mol. The highest BCUT2D eigenvalue weighted by Crippen LogP contribution is 2.37. The summed E-state index contributed by atoms with van der Waals surface area (Å²) >= 11 is 4.94. The van der Waals surface area contributed by atoms with Crippen LogP contribution in [0.25, 0.3) is 0 Å². The highest BCUT2D eigenvalue weighted by atomic mass is 32.1. The minimum Gasteiger partial charge on any atom is -0.358 e. The number of halogens is 6. The number of anilines is 1. The summed E-state index contributed by atoms with van der Waals surface area (Å²) in [6.45, 7) is 0.327. The van der Waals surface area contributed by atoms with Crippen LogP contribution in [0.3, 0.4) is 0 Å². The molecule has 1 aliphatic carbocycles. The van der Waals surface area contributed by atoms with Gasteiger partial charge in [0.1, 0.15) is 0 Å². The van der Waals surface area contributed by atoms with Gasteiger partial charge < -0.3 is 10.6 Å². The lowest BCUT2D eigenvalue weighted by molar-refractivity contribution is -0.143. The lowest BCUT2D eigenvalue weighted by atomic mass is 10.1. The molecule has 136 valence electrons. The largest absolute Gasteiger partial charge is 0.416 e. The number of allylic oxidation sites excluding steroid dienone is 2. The molecule has 0 radical (unpaired) electrons. The number of hydrogen-bond acceptors (Lipinski definition) is 1. The summed E-state index contributed by atoms with van der Waals surface area (Å²) in [6.07, 6.45) is -2.18. The van der Waals surface area contributed by atoms with Crippen molar-refractivity contribution in [2.75, 3.05) is 11.9 Å². The fraction of sp³-hybridized carbons (Fsp3) is 0.312. The van der Waals surface area contributed by atoms with Crippen LogP contribution in [-0.2, 0) is 12.4 Å². The summed E-state index contributed by atoms with van der Waals surface area (Å²) in [6, 6.07) is 1.24. The second-order valence-electron chi connectivity index (χ2n) is 5.36. The Morgan fingerprint density at radius 1 is 0.960 bits per heavy atom. The van der Waals surface area contributed by atoms with Gasteiger partial charge in [0.2, 0.25) is 0 Å². The van der Waals surface area contributed by atoms with Crippen LogP contribution in [0.1, 0.15) is 24.0 Å². The van der Waals surface area contributed by atoms with Crippen molar-refractivity contribution in [3.63, 3.8) is 0 Å². The maximum absolute atomic E-state index is 12.8.